The molecule has 0 N–H and O–H groups in total. The van der Waals surface area contributed by atoms with Crippen LogP contribution in [0.15, 0.2) is 57.8 Å². The maximum atomic E-state index is 5.41. The van der Waals surface area contributed by atoms with Crippen molar-refractivity contribution in [3.8, 4) is 11.3 Å². The molecular formula is C12H8O2. The predicted octanol–water partition coefficient (Wildman–Crippen LogP) is 3.69. The highest BCUT2D eigenvalue weighted by molar-refractivity contribution is 5.92. The van der Waals surface area contributed by atoms with E-state index in [4.69, 9.17) is 8.83 Å². The molecule has 0 unspecified atom stereocenters. The number of para-hydroxylation sites is 1. The Morgan fingerprint density at radius 1 is 0.857 bits per heavy atom. The van der Waals surface area contributed by atoms with Crippen LogP contribution in [0.2, 0.25) is 0 Å². The van der Waals surface area contributed by atoms with Crippen LogP contribution in [0, 0.1) is 0 Å². The van der Waals surface area contributed by atoms with E-state index in [1.165, 1.54) is 0 Å². The predicted molar refractivity (Wildman–Crippen MR) is 53.9 cm³/mol. The first-order valence-corrected chi connectivity index (χ1v) is 4.45. The van der Waals surface area contributed by atoms with Crippen molar-refractivity contribution >= 4 is 11.0 Å². The average molecular weight is 184 g/mol. The van der Waals surface area contributed by atoms with Crippen LogP contribution in [0.1, 0.15) is 0 Å². The van der Waals surface area contributed by atoms with Crippen molar-refractivity contribution in [3.63, 3.8) is 0 Å². The van der Waals surface area contributed by atoms with E-state index in [2.05, 4.69) is 0 Å². The summed E-state index contributed by atoms with van der Waals surface area (Å²) in [5.41, 5.74) is 1.89. The molecule has 0 atom stereocenters. The van der Waals surface area contributed by atoms with Crippen LogP contribution in [0.3, 0.4) is 0 Å². The van der Waals surface area contributed by atoms with E-state index >= 15 is 0 Å². The maximum absolute atomic E-state index is 5.41. The van der Waals surface area contributed by atoms with Gasteiger partial charge in [0.15, 0.2) is 0 Å². The molecule has 2 heteroatoms. The van der Waals surface area contributed by atoms with Gasteiger partial charge in [0, 0.05) is 5.39 Å². The SMILES string of the molecule is c1coc(-c2coc3ccccc23)c1. The van der Waals surface area contributed by atoms with Gasteiger partial charge in [-0.3, -0.25) is 0 Å². The van der Waals surface area contributed by atoms with Crippen molar-refractivity contribution in [1.82, 2.24) is 0 Å². The van der Waals surface area contributed by atoms with Gasteiger partial charge < -0.3 is 8.83 Å². The van der Waals surface area contributed by atoms with Crippen molar-refractivity contribution < 1.29 is 8.83 Å². The molecule has 2 nitrogen and oxygen atoms in total. The molecule has 2 aromatic heterocycles. The quantitative estimate of drug-likeness (QED) is 0.576. The summed E-state index contributed by atoms with van der Waals surface area (Å²) in [4.78, 5) is 0. The molecule has 0 spiro atoms. The van der Waals surface area contributed by atoms with Gasteiger partial charge in [0.05, 0.1) is 11.8 Å². The molecule has 68 valence electrons. The molecule has 0 saturated heterocycles. The van der Waals surface area contributed by atoms with E-state index in [-0.39, 0.29) is 0 Å². The van der Waals surface area contributed by atoms with Crippen LogP contribution in [-0.2, 0) is 0 Å². The smallest absolute Gasteiger partial charge is 0.137 e. The molecule has 0 bridgehead atoms. The third-order valence-corrected chi connectivity index (χ3v) is 2.27. The highest BCUT2D eigenvalue weighted by Crippen LogP contribution is 2.30. The van der Waals surface area contributed by atoms with E-state index < -0.39 is 0 Å². The highest BCUT2D eigenvalue weighted by Gasteiger charge is 2.08. The topological polar surface area (TPSA) is 26.3 Å². The second kappa shape index (κ2) is 2.77. The molecule has 2 heterocycles. The minimum atomic E-state index is 0.843. The van der Waals surface area contributed by atoms with Crippen LogP contribution < -0.4 is 0 Å². The largest absolute Gasteiger partial charge is 0.464 e. The Balaban J connectivity index is 2.33. The zero-order valence-corrected chi connectivity index (χ0v) is 7.44. The molecule has 0 amide bonds. The Kier molecular flexibility index (Phi) is 1.47. The monoisotopic (exact) mass is 184 g/mol. The summed E-state index contributed by atoms with van der Waals surface area (Å²) < 4.78 is 10.7. The molecule has 1 aromatic carbocycles. The van der Waals surface area contributed by atoms with Gasteiger partial charge in [-0.25, -0.2) is 0 Å². The third kappa shape index (κ3) is 0.973. The molecule has 3 aromatic rings. The van der Waals surface area contributed by atoms with Crippen LogP contribution >= 0.6 is 0 Å². The molecular weight excluding hydrogens is 176 g/mol. The molecule has 14 heavy (non-hydrogen) atoms. The standard InChI is InChI=1S/C12H8O2/c1-2-5-11-9(4-1)10(8-14-11)12-6-3-7-13-12/h1-8H. The van der Waals surface area contributed by atoms with Crippen molar-refractivity contribution in [3.05, 3.63) is 48.9 Å². The van der Waals surface area contributed by atoms with E-state index in [1.807, 2.05) is 36.4 Å². The summed E-state index contributed by atoms with van der Waals surface area (Å²) in [5.74, 6) is 0.843. The van der Waals surface area contributed by atoms with Gasteiger partial charge in [-0.1, -0.05) is 18.2 Å². The molecule has 0 radical (unpaired) electrons. The van der Waals surface area contributed by atoms with Crippen LogP contribution in [0.5, 0.6) is 0 Å². The number of furan rings is 2. The van der Waals surface area contributed by atoms with Gasteiger partial charge in [0.2, 0.25) is 0 Å². The van der Waals surface area contributed by atoms with Crippen molar-refractivity contribution in [2.24, 2.45) is 0 Å². The minimum absolute atomic E-state index is 0.843. The van der Waals surface area contributed by atoms with E-state index in [0.717, 1.165) is 22.3 Å². The normalized spacial score (nSPS) is 10.9. The third-order valence-electron chi connectivity index (χ3n) is 2.27. The lowest BCUT2D eigenvalue weighted by Gasteiger charge is -1.90. The first-order chi connectivity index (χ1) is 6.95. The molecule has 0 fully saturated rings. The fraction of sp³-hybridized carbons (Fsp3) is 0. The van der Waals surface area contributed by atoms with Crippen molar-refractivity contribution in [2.75, 3.05) is 0 Å². The summed E-state index contributed by atoms with van der Waals surface area (Å²) in [7, 11) is 0. The summed E-state index contributed by atoms with van der Waals surface area (Å²) in [6, 6.07) is 11.7. The van der Waals surface area contributed by atoms with Gasteiger partial charge >= 0.3 is 0 Å². The summed E-state index contributed by atoms with van der Waals surface area (Å²) in [5, 5.41) is 1.09. The molecule has 0 saturated carbocycles. The fourth-order valence-corrected chi connectivity index (χ4v) is 1.60. The Labute approximate surface area is 80.8 Å². The number of hydrogen-bond donors (Lipinski definition) is 0. The number of hydrogen-bond acceptors (Lipinski definition) is 2. The highest BCUT2D eigenvalue weighted by atomic mass is 16.3. The molecule has 0 aliphatic rings. The number of rotatable bonds is 1. The molecule has 3 rings (SSSR count). The second-order valence-electron chi connectivity index (χ2n) is 3.12. The second-order valence-corrected chi connectivity index (χ2v) is 3.12. The molecule has 0 aliphatic heterocycles. The first-order valence-electron chi connectivity index (χ1n) is 4.45. The first kappa shape index (κ1) is 7.44. The van der Waals surface area contributed by atoms with Gasteiger partial charge in [0.1, 0.15) is 17.6 Å². The number of benzene rings is 1. The lowest BCUT2D eigenvalue weighted by molar-refractivity contribution is 0.577. The van der Waals surface area contributed by atoms with Crippen LogP contribution in [0.25, 0.3) is 22.3 Å². The lowest BCUT2D eigenvalue weighted by Crippen LogP contribution is -1.68. The van der Waals surface area contributed by atoms with Crippen LogP contribution in [-0.4, -0.2) is 0 Å². The van der Waals surface area contributed by atoms with E-state index in [0.29, 0.717) is 0 Å². The van der Waals surface area contributed by atoms with E-state index in [9.17, 15) is 0 Å². The average Bonchev–Trinajstić information content (AvgIpc) is 2.85. The van der Waals surface area contributed by atoms with Gasteiger partial charge in [0.25, 0.3) is 0 Å². The Hall–Kier alpha value is -1.96. The number of fused-ring (bicyclic) bond motifs is 1. The summed E-state index contributed by atoms with van der Waals surface area (Å²) >= 11 is 0. The zero-order chi connectivity index (χ0) is 9.38. The Morgan fingerprint density at radius 2 is 1.79 bits per heavy atom. The van der Waals surface area contributed by atoms with Crippen molar-refractivity contribution in [2.45, 2.75) is 0 Å². The molecule has 0 aliphatic carbocycles. The van der Waals surface area contributed by atoms with Crippen LogP contribution in [0.4, 0.5) is 0 Å². The van der Waals surface area contributed by atoms with Gasteiger partial charge in [-0.2, -0.15) is 0 Å². The van der Waals surface area contributed by atoms with E-state index in [1.54, 1.807) is 12.5 Å². The Morgan fingerprint density at radius 3 is 2.64 bits per heavy atom. The fourth-order valence-electron chi connectivity index (χ4n) is 1.60. The van der Waals surface area contributed by atoms with Gasteiger partial charge in [-0.15, -0.1) is 0 Å². The summed E-state index contributed by atoms with van der Waals surface area (Å²) in [6.07, 6.45) is 3.39. The summed E-state index contributed by atoms with van der Waals surface area (Å²) in [6.45, 7) is 0. The Bertz CT molecular complexity index is 546. The maximum Gasteiger partial charge on any atom is 0.137 e. The van der Waals surface area contributed by atoms with Gasteiger partial charge in [-0.05, 0) is 18.2 Å². The minimum Gasteiger partial charge on any atom is -0.464 e. The zero-order valence-electron chi connectivity index (χ0n) is 7.44. The van der Waals surface area contributed by atoms with Crippen molar-refractivity contribution in [1.29, 1.82) is 0 Å². The lowest BCUT2D eigenvalue weighted by atomic mass is 10.1.